The zero-order valence-electron chi connectivity index (χ0n) is 16.3. The first-order valence-corrected chi connectivity index (χ1v) is 10.9. The highest BCUT2D eigenvalue weighted by Crippen LogP contribution is 2.35. The number of nitrogens with one attached hydrogen (secondary N) is 1. The van der Waals surface area contributed by atoms with Crippen LogP contribution < -0.4 is 11.1 Å². The molecule has 2 heterocycles. The maximum Gasteiger partial charge on any atom is 0.308 e. The molecule has 3 N–H and O–H groups in total. The molecular formula is C20H24N4O4S. The summed E-state index contributed by atoms with van der Waals surface area (Å²) in [7, 11) is -2.39. The van der Waals surface area contributed by atoms with Crippen LogP contribution in [0.15, 0.2) is 48.5 Å². The molecule has 2 aromatic heterocycles. The van der Waals surface area contributed by atoms with Gasteiger partial charge in [0.15, 0.2) is 5.65 Å². The van der Waals surface area contributed by atoms with E-state index in [1.807, 2.05) is 6.07 Å². The fourth-order valence-corrected chi connectivity index (χ4v) is 5.58. The maximum atomic E-state index is 13.4. The smallest absolute Gasteiger partial charge is 0.308 e. The Morgan fingerprint density at radius 2 is 2.14 bits per heavy atom. The van der Waals surface area contributed by atoms with Crippen molar-refractivity contribution in [1.82, 2.24) is 8.96 Å². The third-order valence-electron chi connectivity index (χ3n) is 5.74. The van der Waals surface area contributed by atoms with E-state index in [0.717, 1.165) is 5.69 Å². The summed E-state index contributed by atoms with van der Waals surface area (Å²) >= 11 is 0. The van der Waals surface area contributed by atoms with Crippen LogP contribution in [-0.2, 0) is 19.6 Å². The van der Waals surface area contributed by atoms with E-state index in [-0.39, 0.29) is 17.9 Å². The van der Waals surface area contributed by atoms with Crippen molar-refractivity contribution in [2.75, 3.05) is 12.4 Å². The minimum atomic E-state index is -3.78. The average molecular weight is 417 g/mol. The highest BCUT2D eigenvalue weighted by Gasteiger charge is 2.40. The first-order chi connectivity index (χ1) is 13.7. The third kappa shape index (κ3) is 3.19. The Kier molecular flexibility index (Phi) is 4.65. The Morgan fingerprint density at radius 1 is 1.38 bits per heavy atom. The molecule has 4 rings (SSSR count). The molecule has 8 nitrogen and oxygen atoms in total. The van der Waals surface area contributed by atoms with E-state index in [1.165, 1.54) is 17.3 Å². The fourth-order valence-electron chi connectivity index (χ4n) is 3.94. The average Bonchev–Trinajstić information content (AvgIpc) is 3.09. The molecule has 0 spiro atoms. The molecule has 0 radical (unpaired) electrons. The van der Waals surface area contributed by atoms with Crippen LogP contribution in [0.5, 0.6) is 0 Å². The molecule has 0 amide bonds. The lowest BCUT2D eigenvalue weighted by molar-refractivity contribution is -0.148. The van der Waals surface area contributed by atoms with Crippen LogP contribution in [-0.4, -0.2) is 41.2 Å². The van der Waals surface area contributed by atoms with Gasteiger partial charge in [-0.15, -0.1) is 0 Å². The molecule has 0 aromatic carbocycles. The zero-order valence-corrected chi connectivity index (χ0v) is 17.1. The third-order valence-corrected chi connectivity index (χ3v) is 8.02. The molecule has 9 heteroatoms. The van der Waals surface area contributed by atoms with Gasteiger partial charge < -0.3 is 15.8 Å². The quantitative estimate of drug-likeness (QED) is 0.717. The van der Waals surface area contributed by atoms with Gasteiger partial charge in [-0.25, -0.2) is 17.4 Å². The summed E-state index contributed by atoms with van der Waals surface area (Å²) in [6.45, 7) is 1.66. The lowest BCUT2D eigenvalue weighted by atomic mass is 9.80. The van der Waals surface area contributed by atoms with E-state index < -0.39 is 14.8 Å². The second kappa shape index (κ2) is 6.91. The first kappa shape index (κ1) is 19.5. The number of fused-ring (bicyclic) bond motifs is 1. The molecule has 29 heavy (non-hydrogen) atoms. The summed E-state index contributed by atoms with van der Waals surface area (Å²) in [6, 6.07) is 3.69. The van der Waals surface area contributed by atoms with Gasteiger partial charge in [0.1, 0.15) is 4.75 Å². The van der Waals surface area contributed by atoms with E-state index in [0.29, 0.717) is 36.0 Å². The van der Waals surface area contributed by atoms with Crippen molar-refractivity contribution in [3.05, 3.63) is 48.5 Å². The number of carbonyl (C=O) groups is 1. The topological polar surface area (TPSA) is 116 Å². The number of anilines is 1. The van der Waals surface area contributed by atoms with E-state index in [2.05, 4.69) is 10.3 Å². The summed E-state index contributed by atoms with van der Waals surface area (Å²) in [4.78, 5) is 15.9. The van der Waals surface area contributed by atoms with E-state index in [4.69, 9.17) is 10.5 Å². The van der Waals surface area contributed by atoms with Gasteiger partial charge in [0, 0.05) is 35.2 Å². The molecule has 2 aromatic rings. The number of esters is 1. The molecule has 154 valence electrons. The number of methoxy groups -OCH3 is 1. The van der Waals surface area contributed by atoms with Crippen LogP contribution in [0.4, 0.5) is 5.69 Å². The summed E-state index contributed by atoms with van der Waals surface area (Å²) in [5, 5.41) is 4.10. The van der Waals surface area contributed by atoms with Gasteiger partial charge >= 0.3 is 5.97 Å². The summed E-state index contributed by atoms with van der Waals surface area (Å²) in [6.07, 6.45) is 9.89. The normalized spacial score (nSPS) is 26.6. The second-order valence-electron chi connectivity index (χ2n) is 7.81. The molecule has 0 aliphatic heterocycles. The summed E-state index contributed by atoms with van der Waals surface area (Å²) < 4.78 is 31.7. The highest BCUT2D eigenvalue weighted by molar-refractivity contribution is 7.91. The second-order valence-corrected chi connectivity index (χ2v) is 10.1. The van der Waals surface area contributed by atoms with Crippen molar-refractivity contribution < 1.29 is 17.9 Å². The van der Waals surface area contributed by atoms with E-state index >= 15 is 0 Å². The number of rotatable bonds is 5. The van der Waals surface area contributed by atoms with Crippen molar-refractivity contribution in [2.45, 2.75) is 37.0 Å². The van der Waals surface area contributed by atoms with Crippen LogP contribution in [0.1, 0.15) is 26.2 Å². The molecule has 2 aliphatic carbocycles. The number of ether oxygens (including phenoxy) is 1. The summed E-state index contributed by atoms with van der Waals surface area (Å²) in [5.41, 5.74) is 7.44. The maximum absolute atomic E-state index is 13.4. The van der Waals surface area contributed by atoms with E-state index in [1.54, 1.807) is 37.4 Å². The lowest BCUT2D eigenvalue weighted by Crippen LogP contribution is -2.40. The summed E-state index contributed by atoms with van der Waals surface area (Å²) in [5.74, 6) is -0.279. The predicted octanol–water partition coefficient (Wildman–Crippen LogP) is 2.14. The van der Waals surface area contributed by atoms with Crippen molar-refractivity contribution >= 4 is 32.7 Å². The molecule has 1 saturated carbocycles. The van der Waals surface area contributed by atoms with Crippen molar-refractivity contribution in [2.24, 2.45) is 11.7 Å². The van der Waals surface area contributed by atoms with Crippen LogP contribution in [0.25, 0.3) is 11.0 Å². The number of nitrogens with zero attached hydrogens (tertiary/aromatic N) is 2. The molecular weight excluding hydrogens is 392 g/mol. The highest BCUT2D eigenvalue weighted by atomic mass is 32.2. The Bertz CT molecular complexity index is 1130. The molecule has 0 bridgehead atoms. The molecule has 0 saturated heterocycles. The Labute approximate surface area is 169 Å². The Morgan fingerprint density at radius 3 is 2.83 bits per heavy atom. The number of pyridine rings is 1. The number of aromatic nitrogens is 2. The van der Waals surface area contributed by atoms with Gasteiger partial charge in [-0.1, -0.05) is 6.08 Å². The standard InChI is InChI=1S/C20H24N4O4S/c1-20(7-3-4-14(21)12-20)29(26,27)24-9-6-16-17(5-8-22-18(16)24)23-15-10-13(11-15)19(25)28-2/h3-6,8-9,12-13,15H,7,10-11,21H2,1-2H3,(H,22,23). The molecule has 1 atom stereocenters. The van der Waals surface area contributed by atoms with Crippen LogP contribution >= 0.6 is 0 Å². The van der Waals surface area contributed by atoms with Crippen LogP contribution in [0, 0.1) is 5.92 Å². The predicted molar refractivity (Wildman–Crippen MR) is 111 cm³/mol. The molecule has 1 unspecified atom stereocenters. The zero-order chi connectivity index (χ0) is 20.8. The van der Waals surface area contributed by atoms with Crippen molar-refractivity contribution in [1.29, 1.82) is 0 Å². The van der Waals surface area contributed by atoms with Gasteiger partial charge in [-0.2, -0.15) is 0 Å². The van der Waals surface area contributed by atoms with Crippen molar-refractivity contribution in [3.8, 4) is 0 Å². The largest absolute Gasteiger partial charge is 0.469 e. The fraction of sp³-hybridized carbons (Fsp3) is 0.400. The monoisotopic (exact) mass is 416 g/mol. The molecule has 2 aliphatic rings. The van der Waals surface area contributed by atoms with Crippen LogP contribution in [0.2, 0.25) is 0 Å². The Hall–Kier alpha value is -2.81. The minimum absolute atomic E-state index is 0.0867. The number of hydrogen-bond donors (Lipinski definition) is 2. The first-order valence-electron chi connectivity index (χ1n) is 9.45. The number of hydrogen-bond acceptors (Lipinski definition) is 7. The Balaban J connectivity index is 1.63. The lowest BCUT2D eigenvalue weighted by Gasteiger charge is -2.34. The minimum Gasteiger partial charge on any atom is -0.469 e. The number of allylic oxidation sites excluding steroid dienone is 2. The van der Waals surface area contributed by atoms with Gasteiger partial charge in [-0.3, -0.25) is 4.79 Å². The van der Waals surface area contributed by atoms with Gasteiger partial charge in [0.05, 0.1) is 13.0 Å². The molecule has 1 fully saturated rings. The van der Waals surface area contributed by atoms with E-state index in [9.17, 15) is 13.2 Å². The van der Waals surface area contributed by atoms with Crippen molar-refractivity contribution in [3.63, 3.8) is 0 Å². The SMILES string of the molecule is COC(=O)C1CC(Nc2ccnc3c2ccn3S(=O)(=O)C2(C)C=C(N)C=CC2)C1. The number of nitrogens with two attached hydrogens (primary N) is 1. The van der Waals surface area contributed by atoms with Gasteiger partial charge in [-0.05, 0) is 50.5 Å². The van der Waals surface area contributed by atoms with Gasteiger partial charge in [0.2, 0.25) is 10.0 Å². The number of carbonyl (C=O) groups excluding carboxylic acids is 1. The van der Waals surface area contributed by atoms with Gasteiger partial charge in [0.25, 0.3) is 0 Å². The van der Waals surface area contributed by atoms with Crippen LogP contribution in [0.3, 0.4) is 0 Å².